The standard InChI is InChI=1S/C37H32Cl2F5N3O6.H2O/c38-26-17-45-18-27(39)25(26)16-31(24-9-10-30(51-35(41)42)32(15-24)52-36(43)44)50-34(48)23-7-5-21(6-8-23)19-47(29-4-2-1-3-28(29)40)37(49)53-33-20-46-13-11-22(33)12-14-46;/h1-10,15,17-18,22,31,33,35-36H,11-14,16,19-20H2;1H2/t31-,33-;/m0./s1. The molecule has 0 radical (unpaired) electrons. The van der Waals surface area contributed by atoms with E-state index in [1.165, 1.54) is 53.7 Å². The van der Waals surface area contributed by atoms with E-state index >= 15 is 4.39 Å². The second-order valence-corrected chi connectivity index (χ2v) is 13.3. The molecule has 3 fully saturated rings. The van der Waals surface area contributed by atoms with Crippen LogP contribution in [0.2, 0.25) is 10.0 Å². The van der Waals surface area contributed by atoms with Crippen molar-refractivity contribution in [3.05, 3.63) is 117 Å². The highest BCUT2D eigenvalue weighted by Gasteiger charge is 2.38. The number of esters is 1. The zero-order valence-electron chi connectivity index (χ0n) is 28.3. The molecule has 2 bridgehead atoms. The summed E-state index contributed by atoms with van der Waals surface area (Å²) in [4.78, 5) is 33.3. The molecule has 7 rings (SSSR count). The van der Waals surface area contributed by atoms with Gasteiger partial charge in [0.25, 0.3) is 0 Å². The van der Waals surface area contributed by atoms with Crippen molar-refractivity contribution in [1.82, 2.24) is 4.90 Å². The number of halogens is 7. The van der Waals surface area contributed by atoms with Gasteiger partial charge in [-0.3, -0.25) is 9.80 Å². The third-order valence-corrected chi connectivity index (χ3v) is 9.82. The summed E-state index contributed by atoms with van der Waals surface area (Å²) in [6.07, 6.45) is 2.31. The first-order valence-electron chi connectivity index (χ1n) is 16.6. The van der Waals surface area contributed by atoms with E-state index in [0.29, 0.717) is 17.7 Å². The van der Waals surface area contributed by atoms with Gasteiger partial charge in [-0.25, -0.2) is 19.0 Å². The van der Waals surface area contributed by atoms with Crippen LogP contribution in [0.5, 0.6) is 11.5 Å². The Morgan fingerprint density at radius 2 is 1.54 bits per heavy atom. The first kappa shape index (κ1) is 40.5. The van der Waals surface area contributed by atoms with Crippen LogP contribution in [0.15, 0.2) is 79.1 Å². The van der Waals surface area contributed by atoms with Crippen molar-refractivity contribution >= 4 is 41.0 Å². The van der Waals surface area contributed by atoms with E-state index < -0.39 is 48.7 Å². The van der Waals surface area contributed by atoms with E-state index in [1.807, 2.05) is 0 Å². The molecule has 0 aliphatic carbocycles. The smallest absolute Gasteiger partial charge is 0.415 e. The minimum Gasteiger partial charge on any atom is -0.870 e. The molecule has 1 aromatic heterocycles. The number of fused-ring (bicyclic) bond motifs is 3. The highest BCUT2D eigenvalue weighted by Crippen LogP contribution is 2.37. The number of H-pyrrole nitrogens is 1. The number of nitrogens with zero attached hydrogens (tertiary/aromatic N) is 2. The summed E-state index contributed by atoms with van der Waals surface area (Å²) in [6.45, 7) is -4.27. The predicted molar refractivity (Wildman–Crippen MR) is 185 cm³/mol. The van der Waals surface area contributed by atoms with Crippen LogP contribution in [0.25, 0.3) is 0 Å². The number of aromatic nitrogens is 1. The first-order chi connectivity index (χ1) is 25.4. The molecular weight excluding hydrogens is 764 g/mol. The van der Waals surface area contributed by atoms with Crippen molar-refractivity contribution in [3.8, 4) is 11.5 Å². The van der Waals surface area contributed by atoms with Gasteiger partial charge in [0.05, 0.1) is 17.8 Å². The van der Waals surface area contributed by atoms with E-state index in [0.717, 1.165) is 38.1 Å². The summed E-state index contributed by atoms with van der Waals surface area (Å²) < 4.78 is 88.0. The summed E-state index contributed by atoms with van der Waals surface area (Å²) >= 11 is 12.7. The number of piperidine rings is 3. The van der Waals surface area contributed by atoms with Gasteiger partial charge in [0.15, 0.2) is 23.9 Å². The fourth-order valence-electron chi connectivity index (χ4n) is 6.47. The monoisotopic (exact) mass is 797 g/mol. The molecular formula is C37H34Cl2F5N3O7. The molecule has 10 nitrogen and oxygen atoms in total. The highest BCUT2D eigenvalue weighted by atomic mass is 35.5. The van der Waals surface area contributed by atoms with Gasteiger partial charge >= 0.3 is 25.3 Å². The van der Waals surface area contributed by atoms with Crippen molar-refractivity contribution in [2.75, 3.05) is 24.5 Å². The van der Waals surface area contributed by atoms with Gasteiger partial charge in [0, 0.05) is 18.5 Å². The quantitative estimate of drug-likeness (QED) is 0.0978. The van der Waals surface area contributed by atoms with Gasteiger partial charge in [0.2, 0.25) is 0 Å². The summed E-state index contributed by atoms with van der Waals surface area (Å²) in [6, 6.07) is 15.1. The lowest BCUT2D eigenvalue weighted by atomic mass is 9.86. The second-order valence-electron chi connectivity index (χ2n) is 12.5. The number of alkyl halides is 4. The topological polar surface area (TPSA) is 122 Å². The zero-order chi connectivity index (χ0) is 37.6. The molecule has 288 valence electrons. The van der Waals surface area contributed by atoms with Crippen molar-refractivity contribution in [2.24, 2.45) is 5.92 Å². The Balaban J connectivity index is 0.00000561. The predicted octanol–water partition coefficient (Wildman–Crippen LogP) is 8.35. The Bertz CT molecular complexity index is 1900. The van der Waals surface area contributed by atoms with Crippen LogP contribution in [-0.4, -0.2) is 61.4 Å². The Morgan fingerprint density at radius 3 is 2.15 bits per heavy atom. The van der Waals surface area contributed by atoms with E-state index in [9.17, 15) is 27.2 Å². The van der Waals surface area contributed by atoms with Crippen LogP contribution in [0.4, 0.5) is 32.4 Å². The molecule has 54 heavy (non-hydrogen) atoms. The number of para-hydroxylation sites is 1. The average Bonchev–Trinajstić information content (AvgIpc) is 3.13. The molecule has 17 heteroatoms. The minimum absolute atomic E-state index is 0. The van der Waals surface area contributed by atoms with Crippen molar-refractivity contribution in [2.45, 2.75) is 51.2 Å². The van der Waals surface area contributed by atoms with Crippen LogP contribution in [-0.2, 0) is 22.4 Å². The third kappa shape index (κ3) is 9.88. The summed E-state index contributed by atoms with van der Waals surface area (Å²) in [5, 5.41) is 0.354. The third-order valence-electron chi connectivity index (χ3n) is 9.15. The number of rotatable bonds is 13. The molecule has 3 aliphatic rings. The summed E-state index contributed by atoms with van der Waals surface area (Å²) in [5.41, 5.74) is 1.04. The normalized spacial score (nSPS) is 18.1. The number of ether oxygens (including phenoxy) is 4. The Morgan fingerprint density at radius 1 is 0.889 bits per heavy atom. The number of carbonyl (C=O) groups is 2. The van der Waals surface area contributed by atoms with Crippen molar-refractivity contribution in [3.63, 3.8) is 0 Å². The first-order valence-corrected chi connectivity index (χ1v) is 17.3. The van der Waals surface area contributed by atoms with E-state index in [-0.39, 0.29) is 57.3 Å². The molecule has 0 unspecified atom stereocenters. The Kier molecular flexibility index (Phi) is 13.6. The molecule has 1 amide bonds. The fraction of sp³-hybridized carbons (Fsp3) is 0.324. The lowest BCUT2D eigenvalue weighted by molar-refractivity contribution is -0.377. The number of hydrogen-bond acceptors (Lipinski definition) is 8. The Hall–Kier alpha value is -4.70. The van der Waals surface area contributed by atoms with Gasteiger partial charge in [-0.15, -0.1) is 0 Å². The minimum atomic E-state index is -3.38. The number of aromatic amines is 1. The average molecular weight is 799 g/mol. The number of hydrogen-bond donors (Lipinski definition) is 0. The van der Waals surface area contributed by atoms with E-state index in [1.54, 1.807) is 18.2 Å². The number of anilines is 1. The number of pyridine rings is 1. The molecule has 2 atom stereocenters. The molecule has 0 spiro atoms. The second kappa shape index (κ2) is 18.1. The van der Waals surface area contributed by atoms with Crippen LogP contribution < -0.4 is 19.4 Å². The van der Waals surface area contributed by atoms with E-state index in [4.69, 9.17) is 32.7 Å². The van der Waals surface area contributed by atoms with Gasteiger partial charge in [-0.05, 0) is 79.4 Å². The molecule has 4 aromatic rings. The van der Waals surface area contributed by atoms with Gasteiger partial charge in [0.1, 0.15) is 28.1 Å². The number of benzene rings is 3. The highest BCUT2D eigenvalue weighted by molar-refractivity contribution is 6.35. The van der Waals surface area contributed by atoms with Gasteiger partial charge in [-0.1, -0.05) is 53.5 Å². The molecule has 3 saturated heterocycles. The maximum absolute atomic E-state index is 15.0. The van der Waals surface area contributed by atoms with Gasteiger partial charge in [-0.2, -0.15) is 17.6 Å². The SMILES string of the molecule is O=C(O[C@@H](Cc1c(Cl)c[nH+]cc1Cl)c1ccc(OC(F)F)c(OC(F)F)c1)c1ccc(CN(C(=O)O[C@H]2CN3CCC2CC3)c2ccccc2F)cc1.[OH-]. The van der Waals surface area contributed by atoms with Crippen LogP contribution in [0, 0.1) is 11.7 Å². The molecule has 3 aliphatic heterocycles. The maximum atomic E-state index is 15.0. The number of amides is 1. The Labute approximate surface area is 316 Å². The van der Waals surface area contributed by atoms with Crippen LogP contribution >= 0.6 is 23.2 Å². The van der Waals surface area contributed by atoms with E-state index in [2.05, 4.69) is 19.4 Å². The lowest BCUT2D eigenvalue weighted by Gasteiger charge is -2.44. The molecule has 2 N–H and O–H groups in total. The fourth-order valence-corrected chi connectivity index (χ4v) is 7.01. The lowest BCUT2D eigenvalue weighted by Crippen LogP contribution is -2.53. The van der Waals surface area contributed by atoms with Crippen LogP contribution in [0.1, 0.15) is 46.0 Å². The number of carbonyl (C=O) groups excluding carboxylic acids is 2. The molecule has 3 aromatic carbocycles. The zero-order valence-corrected chi connectivity index (χ0v) is 29.8. The summed E-state index contributed by atoms with van der Waals surface area (Å²) in [7, 11) is 0. The maximum Gasteiger partial charge on any atom is 0.415 e. The number of nitrogens with one attached hydrogen (secondary N) is 1. The van der Waals surface area contributed by atoms with Crippen LogP contribution in [0.3, 0.4) is 0 Å². The van der Waals surface area contributed by atoms with Gasteiger partial charge < -0.3 is 24.4 Å². The van der Waals surface area contributed by atoms with Crippen molar-refractivity contribution in [1.29, 1.82) is 0 Å². The van der Waals surface area contributed by atoms with Crippen molar-refractivity contribution < 1.29 is 60.9 Å². The summed E-state index contributed by atoms with van der Waals surface area (Å²) in [5.74, 6) is -2.61. The largest absolute Gasteiger partial charge is 0.870 e. The molecule has 0 saturated carbocycles. The molecule has 4 heterocycles.